The number of hydrogen-bond donors (Lipinski definition) is 0. The molecule has 1 rings (SSSR count). The van der Waals surface area contributed by atoms with Crippen LogP contribution >= 0.6 is 0 Å². The van der Waals surface area contributed by atoms with Gasteiger partial charge in [-0.1, -0.05) is 6.92 Å². The molecule has 0 aromatic carbocycles. The minimum absolute atomic E-state index is 0.214. The second kappa shape index (κ2) is 5.32. The van der Waals surface area contributed by atoms with E-state index in [1.807, 2.05) is 6.92 Å². The lowest BCUT2D eigenvalue weighted by atomic mass is 10.0. The number of carbonyl (C=O) groups excluding carboxylic acids is 1. The number of aromatic nitrogens is 2. The van der Waals surface area contributed by atoms with E-state index in [1.165, 1.54) is 6.33 Å². The normalized spacial score (nSPS) is 12.1. The van der Waals surface area contributed by atoms with Gasteiger partial charge in [-0.3, -0.25) is 4.79 Å². The van der Waals surface area contributed by atoms with Crippen LogP contribution in [0.25, 0.3) is 0 Å². The summed E-state index contributed by atoms with van der Waals surface area (Å²) in [6.45, 7) is 4.13. The highest BCUT2D eigenvalue weighted by molar-refractivity contribution is 5.77. The fourth-order valence-electron chi connectivity index (χ4n) is 1.25. The Morgan fingerprint density at radius 3 is 2.86 bits per heavy atom. The van der Waals surface area contributed by atoms with Crippen LogP contribution in [0.15, 0.2) is 18.6 Å². The number of hydrogen-bond acceptors (Lipinski definition) is 4. The highest BCUT2D eigenvalue weighted by Crippen LogP contribution is 2.17. The van der Waals surface area contributed by atoms with Crippen LogP contribution in [-0.2, 0) is 9.53 Å². The maximum atomic E-state index is 11.5. The molecule has 0 saturated carbocycles. The molecule has 0 amide bonds. The van der Waals surface area contributed by atoms with Crippen molar-refractivity contribution in [1.29, 1.82) is 0 Å². The lowest BCUT2D eigenvalue weighted by molar-refractivity contribution is -0.145. The quantitative estimate of drug-likeness (QED) is 0.682. The van der Waals surface area contributed by atoms with Crippen molar-refractivity contribution >= 4 is 5.97 Å². The van der Waals surface area contributed by atoms with Gasteiger partial charge >= 0.3 is 5.97 Å². The molecule has 0 fully saturated rings. The van der Waals surface area contributed by atoms with E-state index in [2.05, 4.69) is 9.97 Å². The summed E-state index contributed by atoms with van der Waals surface area (Å²) < 4.78 is 4.95. The summed E-state index contributed by atoms with van der Waals surface area (Å²) in [6, 6.07) is 1.74. The number of nitrogens with zero attached hydrogens (tertiary/aromatic N) is 2. The molecule has 1 aromatic heterocycles. The second-order valence-corrected chi connectivity index (χ2v) is 2.85. The van der Waals surface area contributed by atoms with Gasteiger partial charge in [-0.15, -0.1) is 0 Å². The van der Waals surface area contributed by atoms with Crippen molar-refractivity contribution in [2.75, 3.05) is 6.61 Å². The molecule has 14 heavy (non-hydrogen) atoms. The van der Waals surface area contributed by atoms with E-state index in [0.717, 1.165) is 5.69 Å². The first-order valence-electron chi connectivity index (χ1n) is 4.72. The van der Waals surface area contributed by atoms with Gasteiger partial charge in [-0.2, -0.15) is 0 Å². The summed E-state index contributed by atoms with van der Waals surface area (Å²) in [5.41, 5.74) is 0.723. The van der Waals surface area contributed by atoms with E-state index in [-0.39, 0.29) is 11.9 Å². The average Bonchev–Trinajstić information content (AvgIpc) is 2.21. The van der Waals surface area contributed by atoms with Gasteiger partial charge in [0.1, 0.15) is 6.33 Å². The van der Waals surface area contributed by atoms with Crippen LogP contribution in [0.1, 0.15) is 31.9 Å². The maximum Gasteiger partial charge on any atom is 0.315 e. The van der Waals surface area contributed by atoms with Crippen molar-refractivity contribution in [1.82, 2.24) is 9.97 Å². The standard InChI is InChI=1S/C10H14N2O2/c1-3-8(10(13)14-4-2)9-5-6-11-7-12-9/h5-8H,3-4H2,1-2H3. The highest BCUT2D eigenvalue weighted by atomic mass is 16.5. The first-order valence-corrected chi connectivity index (χ1v) is 4.72. The highest BCUT2D eigenvalue weighted by Gasteiger charge is 2.20. The third-order valence-electron chi connectivity index (χ3n) is 1.94. The third-order valence-corrected chi connectivity index (χ3v) is 1.94. The molecular weight excluding hydrogens is 180 g/mol. The van der Waals surface area contributed by atoms with E-state index in [4.69, 9.17) is 4.74 Å². The number of rotatable bonds is 4. The lowest BCUT2D eigenvalue weighted by Gasteiger charge is -2.11. The zero-order valence-electron chi connectivity index (χ0n) is 8.43. The minimum Gasteiger partial charge on any atom is -0.465 e. The van der Waals surface area contributed by atoms with Crippen molar-refractivity contribution in [3.63, 3.8) is 0 Å². The number of ether oxygens (including phenoxy) is 1. The van der Waals surface area contributed by atoms with Crippen molar-refractivity contribution < 1.29 is 9.53 Å². The SMILES string of the molecule is CCOC(=O)C(CC)c1ccncn1. The Morgan fingerprint density at radius 2 is 2.36 bits per heavy atom. The first-order chi connectivity index (χ1) is 6.79. The fraction of sp³-hybridized carbons (Fsp3) is 0.500. The Hall–Kier alpha value is -1.45. The van der Waals surface area contributed by atoms with E-state index in [1.54, 1.807) is 19.2 Å². The Kier molecular flexibility index (Phi) is 4.04. The molecule has 1 atom stereocenters. The minimum atomic E-state index is -0.266. The van der Waals surface area contributed by atoms with Gasteiger partial charge in [0.05, 0.1) is 18.2 Å². The zero-order chi connectivity index (χ0) is 10.4. The molecule has 0 N–H and O–H groups in total. The molecule has 1 heterocycles. The molecule has 1 aromatic rings. The average molecular weight is 194 g/mol. The molecule has 0 aliphatic heterocycles. The number of carbonyl (C=O) groups is 1. The lowest BCUT2D eigenvalue weighted by Crippen LogP contribution is -2.16. The molecule has 0 bridgehead atoms. The molecule has 76 valence electrons. The monoisotopic (exact) mass is 194 g/mol. The summed E-state index contributed by atoms with van der Waals surface area (Å²) in [5, 5.41) is 0. The van der Waals surface area contributed by atoms with Crippen LogP contribution < -0.4 is 0 Å². The van der Waals surface area contributed by atoms with Gasteiger partial charge in [0.2, 0.25) is 0 Å². The number of esters is 1. The molecule has 0 radical (unpaired) electrons. The molecule has 0 aliphatic carbocycles. The van der Waals surface area contributed by atoms with Crippen LogP contribution in [-0.4, -0.2) is 22.5 Å². The van der Waals surface area contributed by atoms with Gasteiger partial charge in [-0.25, -0.2) is 9.97 Å². The summed E-state index contributed by atoms with van der Waals surface area (Å²) in [6.07, 6.45) is 3.76. The van der Waals surface area contributed by atoms with Gasteiger partial charge in [0.25, 0.3) is 0 Å². The molecule has 0 aliphatic rings. The molecule has 4 nitrogen and oxygen atoms in total. The van der Waals surface area contributed by atoms with Gasteiger partial charge < -0.3 is 4.74 Å². The Morgan fingerprint density at radius 1 is 1.57 bits per heavy atom. The predicted molar refractivity (Wildman–Crippen MR) is 51.7 cm³/mol. The molecule has 1 unspecified atom stereocenters. The molecule has 0 spiro atoms. The summed E-state index contributed by atoms with van der Waals surface area (Å²) in [7, 11) is 0. The van der Waals surface area contributed by atoms with Crippen molar-refractivity contribution in [2.24, 2.45) is 0 Å². The van der Waals surface area contributed by atoms with Gasteiger partial charge in [0.15, 0.2) is 0 Å². The zero-order valence-corrected chi connectivity index (χ0v) is 8.43. The van der Waals surface area contributed by atoms with Crippen molar-refractivity contribution in [2.45, 2.75) is 26.2 Å². The topological polar surface area (TPSA) is 52.1 Å². The van der Waals surface area contributed by atoms with E-state index in [0.29, 0.717) is 13.0 Å². The second-order valence-electron chi connectivity index (χ2n) is 2.85. The largest absolute Gasteiger partial charge is 0.465 e. The predicted octanol–water partition coefficient (Wildman–Crippen LogP) is 1.53. The fourth-order valence-corrected chi connectivity index (χ4v) is 1.25. The summed E-state index contributed by atoms with van der Waals surface area (Å²) >= 11 is 0. The van der Waals surface area contributed by atoms with Crippen LogP contribution in [0, 0.1) is 0 Å². The summed E-state index contributed by atoms with van der Waals surface area (Å²) in [4.78, 5) is 19.3. The van der Waals surface area contributed by atoms with Crippen LogP contribution in [0.2, 0.25) is 0 Å². The van der Waals surface area contributed by atoms with Gasteiger partial charge in [-0.05, 0) is 19.4 Å². The van der Waals surface area contributed by atoms with E-state index >= 15 is 0 Å². The third kappa shape index (κ3) is 2.52. The summed E-state index contributed by atoms with van der Waals surface area (Å²) in [5.74, 6) is -0.480. The maximum absolute atomic E-state index is 11.5. The van der Waals surface area contributed by atoms with E-state index in [9.17, 15) is 4.79 Å². The molecule has 0 saturated heterocycles. The van der Waals surface area contributed by atoms with Crippen LogP contribution in [0.4, 0.5) is 0 Å². The van der Waals surface area contributed by atoms with Crippen LogP contribution in [0.5, 0.6) is 0 Å². The van der Waals surface area contributed by atoms with Crippen molar-refractivity contribution in [3.05, 3.63) is 24.3 Å². The smallest absolute Gasteiger partial charge is 0.315 e. The van der Waals surface area contributed by atoms with E-state index < -0.39 is 0 Å². The van der Waals surface area contributed by atoms with Gasteiger partial charge in [0, 0.05) is 6.20 Å². The van der Waals surface area contributed by atoms with Crippen LogP contribution in [0.3, 0.4) is 0 Å². The Bertz CT molecular complexity index is 287. The molecule has 4 heteroatoms. The Labute approximate surface area is 83.3 Å². The Balaban J connectivity index is 2.77. The molecular formula is C10H14N2O2. The first kappa shape index (κ1) is 10.6. The van der Waals surface area contributed by atoms with Crippen molar-refractivity contribution in [3.8, 4) is 0 Å².